The van der Waals surface area contributed by atoms with Crippen molar-refractivity contribution in [2.24, 2.45) is 17.8 Å². The van der Waals surface area contributed by atoms with Crippen molar-refractivity contribution >= 4 is 44.7 Å². The van der Waals surface area contributed by atoms with Crippen LogP contribution in [0.2, 0.25) is 0 Å². The molecule has 2 saturated carbocycles. The van der Waals surface area contributed by atoms with Crippen molar-refractivity contribution in [2.75, 3.05) is 20.3 Å². The maximum atomic E-state index is 15.3. The maximum Gasteiger partial charge on any atom is 0.408 e. The summed E-state index contributed by atoms with van der Waals surface area (Å²) in [6.45, 7) is 11.6. The minimum absolute atomic E-state index is 0.0203. The van der Waals surface area contributed by atoms with Gasteiger partial charge in [-0.05, 0) is 121 Å². The number of pyridine rings is 1. The second kappa shape index (κ2) is 18.1. The fraction of sp³-hybridized carbons (Fsp3) is 0.562. The van der Waals surface area contributed by atoms with Crippen molar-refractivity contribution in [1.29, 1.82) is 0 Å². The lowest BCUT2D eigenvalue weighted by molar-refractivity contribution is -0.146. The number of nitrogens with zero attached hydrogens (tertiary/aromatic N) is 3. The normalized spacial score (nSPS) is 26.8. The average molecular weight is 920 g/mol. The Hall–Kier alpha value is -5.45. The molecule has 65 heavy (non-hydrogen) atoms. The summed E-state index contributed by atoms with van der Waals surface area (Å²) < 4.78 is 59.3. The van der Waals surface area contributed by atoms with Crippen molar-refractivity contribution in [2.45, 2.75) is 134 Å². The van der Waals surface area contributed by atoms with Gasteiger partial charge in [-0.1, -0.05) is 26.0 Å². The van der Waals surface area contributed by atoms with E-state index in [1.165, 1.54) is 4.90 Å². The zero-order valence-corrected chi connectivity index (χ0v) is 39.2. The number of hydrogen-bond acceptors (Lipinski definition) is 10. The summed E-state index contributed by atoms with van der Waals surface area (Å²) >= 11 is 0. The molecule has 0 radical (unpaired) electrons. The standard InChI is InChI=1S/C48H62FN5O10S/c1-28(2)63-33-15-13-31(14-16-33)37-24-40(36-18-17-34(62-8)22-38(36)50-37)64-35-23-39-42(55)51-48(44(57)52-65(60,61)47(27-49)19-20-47)25-32(48)12-10-9-11-29(3)21-30(4)41(43(56)53(39)26-35)54(45(58)59)46(5,6)7/h10,12-18,22,24,28-30,32,35,39,41H,9,11,19-21,23,25-27H2,1-8H3,(H,51,55)(H,52,57)(H,58,59)/t29?,30-,32-,35-,39+,41+,48-/m1/s1. The first-order valence-electron chi connectivity index (χ1n) is 22.5. The highest BCUT2D eigenvalue weighted by atomic mass is 32.2. The molecule has 7 rings (SSSR count). The first-order valence-corrected chi connectivity index (χ1v) is 24.0. The molecule has 3 fully saturated rings. The van der Waals surface area contributed by atoms with Crippen LogP contribution in [0.15, 0.2) is 60.7 Å². The second-order valence-corrected chi connectivity index (χ2v) is 21.8. The molecule has 3 heterocycles. The van der Waals surface area contributed by atoms with E-state index in [1.807, 2.05) is 64.1 Å². The third-order valence-electron chi connectivity index (χ3n) is 13.2. The molecule has 15 nitrogen and oxygen atoms in total. The number of allylic oxidation sites excluding steroid dienone is 1. The Morgan fingerprint density at radius 3 is 2.37 bits per heavy atom. The van der Waals surface area contributed by atoms with E-state index >= 15 is 4.79 Å². The summed E-state index contributed by atoms with van der Waals surface area (Å²) in [6.07, 6.45) is 3.48. The number of aromatic nitrogens is 1. The van der Waals surface area contributed by atoms with Crippen LogP contribution in [-0.2, 0) is 24.4 Å². The van der Waals surface area contributed by atoms with Gasteiger partial charge in [-0.2, -0.15) is 0 Å². The number of carbonyl (C=O) groups is 4. The van der Waals surface area contributed by atoms with Crippen molar-refractivity contribution in [1.82, 2.24) is 24.8 Å². The zero-order chi connectivity index (χ0) is 47.2. The fourth-order valence-corrected chi connectivity index (χ4v) is 10.8. The van der Waals surface area contributed by atoms with Gasteiger partial charge in [0, 0.05) is 41.0 Å². The van der Waals surface area contributed by atoms with Crippen molar-refractivity contribution < 1.29 is 51.3 Å². The average Bonchev–Trinajstić information content (AvgIpc) is 4.14. The fourth-order valence-electron chi connectivity index (χ4n) is 9.42. The number of ether oxygens (including phenoxy) is 3. The molecule has 0 bridgehead atoms. The van der Waals surface area contributed by atoms with E-state index in [0.717, 1.165) is 10.5 Å². The number of carboxylic acid groups (broad SMARTS) is 1. The van der Waals surface area contributed by atoms with Crippen molar-refractivity contribution in [3.63, 3.8) is 0 Å². The number of methoxy groups -OCH3 is 1. The second-order valence-electron chi connectivity index (χ2n) is 19.7. The summed E-state index contributed by atoms with van der Waals surface area (Å²) in [4.78, 5) is 64.9. The summed E-state index contributed by atoms with van der Waals surface area (Å²) in [5.74, 6) is -1.66. The number of halogens is 1. The van der Waals surface area contributed by atoms with E-state index in [1.54, 1.807) is 52.2 Å². The SMILES string of the molecule is COc1ccc2c(O[C@@H]3C[C@H]4C(=O)N[C@]5(C(=O)NS(=O)(=O)C6(CF)CC6)C[C@H]5C=CCCC(C)C[C@@H](C)[C@H](N(C(=O)O)C(C)(C)C)C(=O)N4C3)cc(-c3ccc(OC(C)C)cc3)nc2c1. The Balaban J connectivity index is 1.29. The Morgan fingerprint density at radius 2 is 1.75 bits per heavy atom. The van der Waals surface area contributed by atoms with Crippen LogP contribution in [0.25, 0.3) is 22.2 Å². The predicted octanol–water partition coefficient (Wildman–Crippen LogP) is 7.03. The van der Waals surface area contributed by atoms with Gasteiger partial charge in [0.05, 0.1) is 31.0 Å². The van der Waals surface area contributed by atoms with Gasteiger partial charge >= 0.3 is 6.09 Å². The number of carbonyl (C=O) groups excluding carboxylic acids is 3. The third kappa shape index (κ3) is 9.75. The Kier molecular flexibility index (Phi) is 13.2. The number of rotatable bonds is 11. The highest BCUT2D eigenvalue weighted by Gasteiger charge is 2.64. The molecule has 3 aromatic rings. The number of fused-ring (bicyclic) bond motifs is 3. The smallest absolute Gasteiger partial charge is 0.408 e. The summed E-state index contributed by atoms with van der Waals surface area (Å²) in [6, 6.07) is 12.1. The lowest BCUT2D eigenvalue weighted by Crippen LogP contribution is -2.62. The topological polar surface area (TPSA) is 194 Å². The van der Waals surface area contributed by atoms with E-state index in [4.69, 9.17) is 19.2 Å². The number of benzene rings is 2. The molecule has 2 aliphatic heterocycles. The quantitative estimate of drug-likeness (QED) is 0.167. The molecule has 4 aliphatic rings. The van der Waals surface area contributed by atoms with Crippen LogP contribution in [0.3, 0.4) is 0 Å². The Labute approximate surface area is 380 Å². The van der Waals surface area contributed by atoms with E-state index in [0.29, 0.717) is 53.1 Å². The van der Waals surface area contributed by atoms with Crippen molar-refractivity contribution in [3.8, 4) is 28.5 Å². The van der Waals surface area contributed by atoms with Crippen LogP contribution in [-0.4, -0.2) is 113 Å². The number of nitrogens with one attached hydrogen (secondary N) is 2. The van der Waals surface area contributed by atoms with Gasteiger partial charge in [0.25, 0.3) is 5.91 Å². The van der Waals surface area contributed by atoms with E-state index in [9.17, 15) is 32.3 Å². The summed E-state index contributed by atoms with van der Waals surface area (Å²) in [5, 5.41) is 14.2. The van der Waals surface area contributed by atoms with E-state index in [-0.39, 0.29) is 44.2 Å². The molecule has 1 aromatic heterocycles. The number of alkyl halides is 1. The molecule has 3 N–H and O–H groups in total. The van der Waals surface area contributed by atoms with Crippen LogP contribution in [0.5, 0.6) is 17.2 Å². The van der Waals surface area contributed by atoms with Crippen LogP contribution < -0.4 is 24.2 Å². The van der Waals surface area contributed by atoms with Crippen LogP contribution in [0.1, 0.15) is 93.4 Å². The van der Waals surface area contributed by atoms with Gasteiger partial charge in [0.1, 0.15) is 52.4 Å². The van der Waals surface area contributed by atoms with Crippen LogP contribution in [0, 0.1) is 17.8 Å². The first-order chi connectivity index (χ1) is 30.6. The molecule has 2 aliphatic carbocycles. The van der Waals surface area contributed by atoms with Crippen molar-refractivity contribution in [3.05, 3.63) is 60.7 Å². The number of amides is 4. The number of hydrogen-bond donors (Lipinski definition) is 3. The summed E-state index contributed by atoms with van der Waals surface area (Å²) in [5.41, 5.74) is -0.835. The van der Waals surface area contributed by atoms with Gasteiger partial charge in [0.15, 0.2) is 0 Å². The minimum Gasteiger partial charge on any atom is -0.497 e. The Bertz CT molecular complexity index is 2450. The molecule has 4 amide bonds. The van der Waals surface area contributed by atoms with Gasteiger partial charge < -0.3 is 29.5 Å². The monoisotopic (exact) mass is 919 g/mol. The maximum absolute atomic E-state index is 15.3. The van der Waals surface area contributed by atoms with Gasteiger partial charge in [-0.3, -0.25) is 24.0 Å². The largest absolute Gasteiger partial charge is 0.497 e. The highest BCUT2D eigenvalue weighted by molar-refractivity contribution is 7.91. The Morgan fingerprint density at radius 1 is 1.06 bits per heavy atom. The lowest BCUT2D eigenvalue weighted by atomic mass is 9.85. The molecule has 1 saturated heterocycles. The van der Waals surface area contributed by atoms with Crippen LogP contribution >= 0.6 is 0 Å². The van der Waals surface area contributed by atoms with E-state index < -0.39 is 86.4 Å². The molecular formula is C48H62FN5O10S. The van der Waals surface area contributed by atoms with E-state index in [2.05, 4.69) is 10.0 Å². The molecule has 0 spiro atoms. The predicted molar refractivity (Wildman–Crippen MR) is 243 cm³/mol. The first kappa shape index (κ1) is 47.5. The number of sulfonamides is 1. The van der Waals surface area contributed by atoms with Crippen LogP contribution in [0.4, 0.5) is 9.18 Å². The minimum atomic E-state index is -4.43. The molecular weight excluding hydrogens is 858 g/mol. The molecule has 17 heteroatoms. The lowest BCUT2D eigenvalue weighted by Gasteiger charge is -2.43. The molecule has 2 aromatic carbocycles. The molecule has 7 atom stereocenters. The van der Waals surface area contributed by atoms with Gasteiger partial charge in [-0.25, -0.2) is 22.6 Å². The zero-order valence-electron chi connectivity index (χ0n) is 38.4. The van der Waals surface area contributed by atoms with Gasteiger partial charge in [0.2, 0.25) is 21.8 Å². The highest BCUT2D eigenvalue weighted by Crippen LogP contribution is 2.48. The molecule has 1 unspecified atom stereocenters. The van der Waals surface area contributed by atoms with Gasteiger partial charge in [-0.15, -0.1) is 0 Å². The third-order valence-corrected chi connectivity index (χ3v) is 15.3. The molecule has 352 valence electrons. The summed E-state index contributed by atoms with van der Waals surface area (Å²) in [7, 11) is -2.88.